The van der Waals surface area contributed by atoms with Crippen LogP contribution in [0.3, 0.4) is 0 Å². The lowest BCUT2D eigenvalue weighted by Crippen LogP contribution is -2.35. The number of nitrogens with zero attached hydrogens (tertiary/aromatic N) is 3. The number of ether oxygens (including phenoxy) is 1. The number of benzene rings is 2. The fraction of sp³-hybridized carbons (Fsp3) is 0.393. The molecule has 2 aromatic carbocycles. The zero-order chi connectivity index (χ0) is 26.0. The summed E-state index contributed by atoms with van der Waals surface area (Å²) >= 11 is 0. The minimum atomic E-state index is -0.303. The number of anilines is 1. The van der Waals surface area contributed by atoms with E-state index in [9.17, 15) is 9.59 Å². The average Bonchev–Trinajstić information content (AvgIpc) is 3.22. The second-order valence-corrected chi connectivity index (χ2v) is 10.8. The van der Waals surface area contributed by atoms with Gasteiger partial charge in [-0.25, -0.2) is 4.68 Å². The van der Waals surface area contributed by atoms with Crippen LogP contribution in [0.1, 0.15) is 63.2 Å². The van der Waals surface area contributed by atoms with E-state index in [1.807, 2.05) is 54.6 Å². The first-order valence-corrected chi connectivity index (χ1v) is 11.7. The molecule has 2 amide bonds. The normalized spacial score (nSPS) is 11.8. The number of hydrogen-bond acceptors (Lipinski definition) is 4. The molecule has 7 nitrogen and oxygen atoms in total. The summed E-state index contributed by atoms with van der Waals surface area (Å²) in [4.78, 5) is 27.2. The molecule has 3 rings (SSSR count). The van der Waals surface area contributed by atoms with Gasteiger partial charge in [-0.05, 0) is 47.4 Å². The van der Waals surface area contributed by atoms with Crippen LogP contribution in [-0.4, -0.2) is 47.2 Å². The second-order valence-electron chi connectivity index (χ2n) is 10.8. The molecule has 1 heterocycles. The van der Waals surface area contributed by atoms with Gasteiger partial charge in [0.05, 0.1) is 25.0 Å². The molecule has 7 heteroatoms. The molecule has 0 atom stereocenters. The van der Waals surface area contributed by atoms with E-state index in [2.05, 4.69) is 46.9 Å². The van der Waals surface area contributed by atoms with Gasteiger partial charge in [0.15, 0.2) is 0 Å². The molecule has 0 spiro atoms. The molecule has 1 aromatic heterocycles. The Morgan fingerprint density at radius 2 is 1.54 bits per heavy atom. The van der Waals surface area contributed by atoms with E-state index in [1.54, 1.807) is 18.8 Å². The van der Waals surface area contributed by atoms with Crippen molar-refractivity contribution >= 4 is 17.6 Å². The van der Waals surface area contributed by atoms with Gasteiger partial charge in [-0.2, -0.15) is 5.10 Å². The highest BCUT2D eigenvalue weighted by Gasteiger charge is 2.23. The van der Waals surface area contributed by atoms with Gasteiger partial charge in [-0.3, -0.25) is 9.59 Å². The molecule has 0 radical (unpaired) electrons. The van der Waals surface area contributed by atoms with E-state index in [1.165, 1.54) is 4.90 Å². The first kappa shape index (κ1) is 26.0. The standard InChI is InChI=1S/C28H36N4O3/c1-27(2,3)20-11-9-19(10-12-20)26(34)31(7)18-25(33)29-24-17-23(28(4,5)6)30-32(24)21-13-15-22(35-8)16-14-21/h9-17H,18H2,1-8H3,(H,29,33). The van der Waals surface area contributed by atoms with E-state index in [0.717, 1.165) is 22.7 Å². The van der Waals surface area contributed by atoms with Gasteiger partial charge in [0.25, 0.3) is 5.91 Å². The summed E-state index contributed by atoms with van der Waals surface area (Å²) in [6, 6.07) is 16.9. The van der Waals surface area contributed by atoms with E-state index in [0.29, 0.717) is 11.4 Å². The van der Waals surface area contributed by atoms with Gasteiger partial charge in [0.1, 0.15) is 11.6 Å². The molecular formula is C28H36N4O3. The van der Waals surface area contributed by atoms with Gasteiger partial charge >= 0.3 is 0 Å². The fourth-order valence-electron chi connectivity index (χ4n) is 3.56. The molecular weight excluding hydrogens is 440 g/mol. The molecule has 35 heavy (non-hydrogen) atoms. The maximum atomic E-state index is 12.9. The number of hydrogen-bond donors (Lipinski definition) is 1. The smallest absolute Gasteiger partial charge is 0.254 e. The van der Waals surface area contributed by atoms with Gasteiger partial charge < -0.3 is 15.0 Å². The Bertz CT molecular complexity index is 1180. The average molecular weight is 477 g/mol. The molecule has 0 fully saturated rings. The Hall–Kier alpha value is -3.61. The molecule has 0 aliphatic rings. The summed E-state index contributed by atoms with van der Waals surface area (Å²) in [6.07, 6.45) is 0. The Balaban J connectivity index is 1.77. The first-order valence-electron chi connectivity index (χ1n) is 11.7. The topological polar surface area (TPSA) is 76.5 Å². The number of methoxy groups -OCH3 is 1. The van der Waals surface area contributed by atoms with Crippen LogP contribution in [-0.2, 0) is 15.6 Å². The van der Waals surface area contributed by atoms with E-state index < -0.39 is 0 Å². The lowest BCUT2D eigenvalue weighted by Gasteiger charge is -2.20. The van der Waals surface area contributed by atoms with Crippen molar-refractivity contribution < 1.29 is 14.3 Å². The van der Waals surface area contributed by atoms with E-state index >= 15 is 0 Å². The van der Waals surface area contributed by atoms with Gasteiger partial charge in [-0.1, -0.05) is 53.7 Å². The Labute approximate surface area is 208 Å². The van der Waals surface area contributed by atoms with Crippen molar-refractivity contribution in [2.45, 2.75) is 52.4 Å². The Morgan fingerprint density at radius 3 is 2.06 bits per heavy atom. The van der Waals surface area contributed by atoms with Gasteiger partial charge in [-0.15, -0.1) is 0 Å². The highest BCUT2D eigenvalue weighted by atomic mass is 16.5. The maximum absolute atomic E-state index is 12.9. The minimum absolute atomic E-state index is 0.00606. The summed E-state index contributed by atoms with van der Waals surface area (Å²) in [7, 11) is 3.24. The third-order valence-electron chi connectivity index (χ3n) is 5.79. The second kappa shape index (κ2) is 9.94. The molecule has 0 saturated carbocycles. The van der Waals surface area contributed by atoms with Crippen molar-refractivity contribution in [3.63, 3.8) is 0 Å². The lowest BCUT2D eigenvalue weighted by atomic mass is 9.86. The predicted octanol–water partition coefficient (Wildman–Crippen LogP) is 5.19. The highest BCUT2D eigenvalue weighted by molar-refractivity contribution is 5.99. The summed E-state index contributed by atoms with van der Waals surface area (Å²) in [5.41, 5.74) is 3.13. The third-order valence-corrected chi connectivity index (χ3v) is 5.79. The first-order chi connectivity index (χ1) is 16.3. The fourth-order valence-corrected chi connectivity index (χ4v) is 3.56. The number of nitrogens with one attached hydrogen (secondary N) is 1. The number of aromatic nitrogens is 2. The van der Waals surface area contributed by atoms with Crippen LogP contribution in [0.15, 0.2) is 54.6 Å². The number of amides is 2. The van der Waals surface area contributed by atoms with Crippen molar-refractivity contribution in [3.8, 4) is 11.4 Å². The molecule has 3 aromatic rings. The third kappa shape index (κ3) is 6.29. The van der Waals surface area contributed by atoms with E-state index in [4.69, 9.17) is 9.84 Å². The quantitative estimate of drug-likeness (QED) is 0.531. The molecule has 1 N–H and O–H groups in total. The predicted molar refractivity (Wildman–Crippen MR) is 140 cm³/mol. The molecule has 0 unspecified atom stereocenters. The summed E-state index contributed by atoms with van der Waals surface area (Å²) < 4.78 is 6.95. The zero-order valence-electron chi connectivity index (χ0n) is 22.0. The molecule has 0 bridgehead atoms. The van der Waals surface area contributed by atoms with Crippen LogP contribution >= 0.6 is 0 Å². The SMILES string of the molecule is COc1ccc(-n2nc(C(C)(C)C)cc2NC(=O)CN(C)C(=O)c2ccc(C(C)(C)C)cc2)cc1. The van der Waals surface area contributed by atoms with Crippen molar-refractivity contribution in [2.24, 2.45) is 0 Å². The van der Waals surface area contributed by atoms with Crippen molar-refractivity contribution in [2.75, 3.05) is 26.0 Å². The highest BCUT2D eigenvalue weighted by Crippen LogP contribution is 2.27. The van der Waals surface area contributed by atoms with Crippen LogP contribution in [0.2, 0.25) is 0 Å². The van der Waals surface area contributed by atoms with E-state index in [-0.39, 0.29) is 29.2 Å². The Morgan fingerprint density at radius 1 is 0.943 bits per heavy atom. The molecule has 186 valence electrons. The van der Waals surface area contributed by atoms with Crippen molar-refractivity contribution in [1.82, 2.24) is 14.7 Å². The monoisotopic (exact) mass is 476 g/mol. The van der Waals surface area contributed by atoms with Crippen LogP contribution in [0.25, 0.3) is 5.69 Å². The summed E-state index contributed by atoms with van der Waals surface area (Å²) in [6.45, 7) is 12.5. The molecule has 0 aliphatic heterocycles. The minimum Gasteiger partial charge on any atom is -0.497 e. The van der Waals surface area contributed by atoms with Crippen LogP contribution < -0.4 is 10.1 Å². The number of carbonyl (C=O) groups is 2. The molecule has 0 aliphatic carbocycles. The van der Waals surface area contributed by atoms with Crippen LogP contribution in [0, 0.1) is 0 Å². The van der Waals surface area contributed by atoms with Crippen molar-refractivity contribution in [3.05, 3.63) is 71.4 Å². The number of carbonyl (C=O) groups excluding carboxylic acids is 2. The summed E-state index contributed by atoms with van der Waals surface area (Å²) in [5, 5.41) is 7.66. The molecule has 0 saturated heterocycles. The van der Waals surface area contributed by atoms with Crippen LogP contribution in [0.4, 0.5) is 5.82 Å². The van der Waals surface area contributed by atoms with Crippen LogP contribution in [0.5, 0.6) is 5.75 Å². The van der Waals surface area contributed by atoms with Crippen molar-refractivity contribution in [1.29, 1.82) is 0 Å². The number of likely N-dealkylation sites (N-methyl/N-ethyl adjacent to an activating group) is 1. The lowest BCUT2D eigenvalue weighted by molar-refractivity contribution is -0.116. The largest absolute Gasteiger partial charge is 0.497 e. The van der Waals surface area contributed by atoms with Gasteiger partial charge in [0.2, 0.25) is 5.91 Å². The maximum Gasteiger partial charge on any atom is 0.254 e. The summed E-state index contributed by atoms with van der Waals surface area (Å²) in [5.74, 6) is 0.764. The number of rotatable bonds is 6. The Kier molecular flexibility index (Phi) is 7.38. The zero-order valence-corrected chi connectivity index (χ0v) is 22.0. The van der Waals surface area contributed by atoms with Gasteiger partial charge in [0, 0.05) is 24.1 Å².